The minimum Gasteiger partial charge on any atom is -0.497 e. The number of halogens is 2. The van der Waals surface area contributed by atoms with Gasteiger partial charge < -0.3 is 18.9 Å². The predicted octanol–water partition coefficient (Wildman–Crippen LogP) is 4.07. The Morgan fingerprint density at radius 3 is 2.55 bits per heavy atom. The average Bonchev–Trinajstić information content (AvgIpc) is 3.36. The monoisotopic (exact) mass is 417 g/mol. The molecular weight excluding hydrogens is 401 g/mol. The van der Waals surface area contributed by atoms with Crippen LogP contribution in [-0.2, 0) is 4.79 Å². The fourth-order valence-electron chi connectivity index (χ4n) is 3.23. The molecule has 29 heavy (non-hydrogen) atoms. The molecule has 0 aliphatic carbocycles. The molecule has 0 N–H and O–H groups in total. The van der Waals surface area contributed by atoms with E-state index in [9.17, 15) is 9.18 Å². The number of aromatic nitrogens is 2. The van der Waals surface area contributed by atoms with Crippen LogP contribution in [0.1, 0.15) is 18.2 Å². The first-order valence-corrected chi connectivity index (χ1v) is 9.18. The van der Waals surface area contributed by atoms with Crippen LogP contribution in [0.4, 0.5) is 10.1 Å². The van der Waals surface area contributed by atoms with E-state index >= 15 is 0 Å². The Hall–Kier alpha value is -3.13. The summed E-state index contributed by atoms with van der Waals surface area (Å²) in [5.74, 6) is 1.00. The van der Waals surface area contributed by atoms with Crippen LogP contribution in [0.25, 0.3) is 11.5 Å². The second kappa shape index (κ2) is 7.71. The summed E-state index contributed by atoms with van der Waals surface area (Å²) in [5.41, 5.74) is 1.18. The van der Waals surface area contributed by atoms with E-state index in [0.717, 1.165) is 0 Å². The summed E-state index contributed by atoms with van der Waals surface area (Å²) in [4.78, 5) is 18.5. The number of hydrogen-bond acceptors (Lipinski definition) is 6. The number of ether oxygens (including phenoxy) is 2. The van der Waals surface area contributed by atoms with E-state index in [1.54, 1.807) is 37.3 Å². The van der Waals surface area contributed by atoms with E-state index in [1.165, 1.54) is 18.2 Å². The highest BCUT2D eigenvalue weighted by Gasteiger charge is 2.35. The highest BCUT2D eigenvalue weighted by molar-refractivity contribution is 6.31. The number of anilines is 1. The molecule has 2 heterocycles. The molecule has 0 bridgehead atoms. The molecule has 150 valence electrons. The first kappa shape index (κ1) is 19.2. The quantitative estimate of drug-likeness (QED) is 0.622. The van der Waals surface area contributed by atoms with E-state index in [-0.39, 0.29) is 23.3 Å². The molecule has 1 saturated heterocycles. The van der Waals surface area contributed by atoms with Crippen LogP contribution in [0.15, 0.2) is 40.9 Å². The summed E-state index contributed by atoms with van der Waals surface area (Å²) >= 11 is 5.84. The van der Waals surface area contributed by atoms with Gasteiger partial charge in [0.15, 0.2) is 5.82 Å². The van der Waals surface area contributed by atoms with Gasteiger partial charge in [-0.2, -0.15) is 4.98 Å². The number of carbonyl (C=O) groups is 1. The number of benzene rings is 2. The van der Waals surface area contributed by atoms with Crippen LogP contribution in [0, 0.1) is 5.82 Å². The zero-order valence-electron chi connectivity index (χ0n) is 15.7. The van der Waals surface area contributed by atoms with Gasteiger partial charge in [-0.15, -0.1) is 0 Å². The number of hydrogen-bond donors (Lipinski definition) is 0. The van der Waals surface area contributed by atoms with Crippen molar-refractivity contribution in [2.75, 3.05) is 25.7 Å². The van der Waals surface area contributed by atoms with Crippen molar-refractivity contribution in [2.45, 2.75) is 12.3 Å². The molecule has 0 unspecified atom stereocenters. The van der Waals surface area contributed by atoms with E-state index in [1.807, 2.05) is 0 Å². The summed E-state index contributed by atoms with van der Waals surface area (Å²) in [6.45, 7) is 0.348. The lowest BCUT2D eigenvalue weighted by molar-refractivity contribution is -0.117. The minimum absolute atomic E-state index is 0.0347. The van der Waals surface area contributed by atoms with Crippen LogP contribution in [0.2, 0.25) is 5.02 Å². The lowest BCUT2D eigenvalue weighted by Gasteiger charge is -2.16. The van der Waals surface area contributed by atoms with Gasteiger partial charge in [-0.1, -0.05) is 16.8 Å². The Morgan fingerprint density at radius 2 is 1.90 bits per heavy atom. The maximum Gasteiger partial charge on any atom is 0.258 e. The van der Waals surface area contributed by atoms with Gasteiger partial charge in [-0.25, -0.2) is 4.39 Å². The van der Waals surface area contributed by atoms with Gasteiger partial charge >= 0.3 is 0 Å². The highest BCUT2D eigenvalue weighted by Crippen LogP contribution is 2.34. The maximum atomic E-state index is 13.4. The zero-order chi connectivity index (χ0) is 20.5. The molecule has 1 fully saturated rings. The molecule has 2 aromatic carbocycles. The van der Waals surface area contributed by atoms with E-state index in [2.05, 4.69) is 10.1 Å². The van der Waals surface area contributed by atoms with Crippen molar-refractivity contribution in [3.8, 4) is 23.0 Å². The third kappa shape index (κ3) is 3.75. The van der Waals surface area contributed by atoms with Crippen LogP contribution < -0.4 is 14.4 Å². The molecule has 0 saturated carbocycles. The zero-order valence-corrected chi connectivity index (χ0v) is 16.4. The van der Waals surface area contributed by atoms with Crippen molar-refractivity contribution in [2.24, 2.45) is 0 Å². The van der Waals surface area contributed by atoms with Gasteiger partial charge in [0.05, 0.1) is 19.2 Å². The standard InChI is InChI=1S/C20H17ClFN3O4/c1-27-14-5-11(6-15(9-14)28-2)20-23-19(24-29-20)12-7-18(26)25(10-12)13-3-4-17(22)16(21)8-13/h3-6,8-9,12H,7,10H2,1-2H3/t12-/m0/s1. The SMILES string of the molecule is COc1cc(OC)cc(-c2nc([C@H]3CC(=O)N(c4ccc(F)c(Cl)c4)C3)no2)c1. The normalized spacial score (nSPS) is 16.3. The summed E-state index contributed by atoms with van der Waals surface area (Å²) in [6, 6.07) is 9.44. The van der Waals surface area contributed by atoms with Gasteiger partial charge in [0, 0.05) is 36.2 Å². The smallest absolute Gasteiger partial charge is 0.258 e. The number of nitrogens with zero attached hydrogens (tertiary/aromatic N) is 3. The molecule has 9 heteroatoms. The fourth-order valence-corrected chi connectivity index (χ4v) is 3.41. The maximum absolute atomic E-state index is 13.4. The van der Waals surface area contributed by atoms with E-state index < -0.39 is 5.82 Å². The molecule has 7 nitrogen and oxygen atoms in total. The number of methoxy groups -OCH3 is 2. The van der Waals surface area contributed by atoms with Crippen molar-refractivity contribution >= 4 is 23.2 Å². The third-order valence-electron chi connectivity index (χ3n) is 4.75. The Labute approximate surface area is 171 Å². The number of carbonyl (C=O) groups excluding carboxylic acids is 1. The molecule has 1 atom stereocenters. The van der Waals surface area contributed by atoms with Crippen LogP contribution in [-0.4, -0.2) is 36.8 Å². The molecule has 1 aliphatic heterocycles. The minimum atomic E-state index is -0.532. The average molecular weight is 418 g/mol. The van der Waals surface area contributed by atoms with Gasteiger partial charge in [0.2, 0.25) is 5.91 Å². The lowest BCUT2D eigenvalue weighted by Crippen LogP contribution is -2.24. The highest BCUT2D eigenvalue weighted by atomic mass is 35.5. The summed E-state index contributed by atoms with van der Waals surface area (Å²) in [7, 11) is 3.11. The van der Waals surface area contributed by atoms with Crippen molar-refractivity contribution in [3.63, 3.8) is 0 Å². The van der Waals surface area contributed by atoms with Crippen LogP contribution >= 0.6 is 11.6 Å². The van der Waals surface area contributed by atoms with Gasteiger partial charge in [0.1, 0.15) is 17.3 Å². The van der Waals surface area contributed by atoms with Gasteiger partial charge in [0.25, 0.3) is 5.89 Å². The Bertz CT molecular complexity index is 1050. The number of rotatable bonds is 5. The van der Waals surface area contributed by atoms with Crippen molar-refractivity contribution in [1.82, 2.24) is 10.1 Å². The van der Waals surface area contributed by atoms with Crippen molar-refractivity contribution < 1.29 is 23.2 Å². The molecular formula is C20H17ClFN3O4. The Kier molecular flexibility index (Phi) is 5.10. The van der Waals surface area contributed by atoms with Gasteiger partial charge in [-0.3, -0.25) is 4.79 Å². The number of amides is 1. The fraction of sp³-hybridized carbons (Fsp3) is 0.250. The van der Waals surface area contributed by atoms with Gasteiger partial charge in [-0.05, 0) is 30.3 Å². The first-order valence-electron chi connectivity index (χ1n) is 8.81. The largest absolute Gasteiger partial charge is 0.497 e. The molecule has 1 amide bonds. The predicted molar refractivity (Wildman–Crippen MR) is 104 cm³/mol. The summed E-state index contributed by atoms with van der Waals surface area (Å²) in [5, 5.41) is 4.01. The van der Waals surface area contributed by atoms with E-state index in [4.69, 9.17) is 25.6 Å². The molecule has 1 aliphatic rings. The molecule has 0 radical (unpaired) electrons. The second-order valence-electron chi connectivity index (χ2n) is 6.56. The Balaban J connectivity index is 1.57. The van der Waals surface area contributed by atoms with Crippen LogP contribution in [0.5, 0.6) is 11.5 Å². The molecule has 4 rings (SSSR count). The lowest BCUT2D eigenvalue weighted by atomic mass is 10.1. The van der Waals surface area contributed by atoms with Crippen molar-refractivity contribution in [1.29, 1.82) is 0 Å². The van der Waals surface area contributed by atoms with E-state index in [0.29, 0.717) is 41.0 Å². The molecule has 3 aromatic rings. The second-order valence-corrected chi connectivity index (χ2v) is 6.97. The molecule has 1 aromatic heterocycles. The van der Waals surface area contributed by atoms with Crippen molar-refractivity contribution in [3.05, 3.63) is 53.1 Å². The summed E-state index contributed by atoms with van der Waals surface area (Å²) in [6.07, 6.45) is 0.218. The summed E-state index contributed by atoms with van der Waals surface area (Å²) < 4.78 is 29.3. The first-order chi connectivity index (χ1) is 14.0. The molecule has 0 spiro atoms. The van der Waals surface area contributed by atoms with Crippen LogP contribution in [0.3, 0.4) is 0 Å². The third-order valence-corrected chi connectivity index (χ3v) is 5.03. The Morgan fingerprint density at radius 1 is 1.17 bits per heavy atom. The topological polar surface area (TPSA) is 77.7 Å².